The summed E-state index contributed by atoms with van der Waals surface area (Å²) in [4.78, 5) is 18.7. The van der Waals surface area contributed by atoms with Crippen LogP contribution in [0.2, 0.25) is 10.3 Å². The molecule has 8 heteroatoms. The Morgan fingerprint density at radius 1 is 1.41 bits per heavy atom. The van der Waals surface area contributed by atoms with Crippen molar-refractivity contribution in [2.45, 2.75) is 19.8 Å². The van der Waals surface area contributed by atoms with Crippen LogP contribution in [0.3, 0.4) is 0 Å². The van der Waals surface area contributed by atoms with Crippen LogP contribution in [0.15, 0.2) is 0 Å². The maximum atomic E-state index is 11.3. The van der Waals surface area contributed by atoms with Crippen LogP contribution in [0.4, 0.5) is 16.4 Å². The molecule has 0 saturated heterocycles. The third kappa shape index (κ3) is 4.24. The summed E-state index contributed by atoms with van der Waals surface area (Å²) in [5, 5.41) is 2.29. The fourth-order valence-electron chi connectivity index (χ4n) is 0.974. The molecule has 0 unspecified atom stereocenters. The summed E-state index contributed by atoms with van der Waals surface area (Å²) in [6.07, 6.45) is 1.06. The number of nitrogens with zero attached hydrogens (tertiary/aromatic N) is 2. The molecule has 0 aliphatic carbocycles. The van der Waals surface area contributed by atoms with Gasteiger partial charge in [-0.2, -0.15) is 9.97 Å². The maximum Gasteiger partial charge on any atom is 0.411 e. The van der Waals surface area contributed by atoms with Crippen molar-refractivity contribution in [2.75, 3.05) is 17.7 Å². The standard InChI is InChI=1S/C9H12Cl2N4O2/c1-2-3-4-17-9(16)13-5-6(10)14-8(12)15-7(5)11/h2-4H2,1H3,(H,13,16)(H2,12,14,15). The third-order valence-corrected chi connectivity index (χ3v) is 2.34. The molecule has 1 heterocycles. The molecule has 0 atom stereocenters. The zero-order valence-electron chi connectivity index (χ0n) is 9.17. The van der Waals surface area contributed by atoms with Crippen molar-refractivity contribution >= 4 is 40.9 Å². The van der Waals surface area contributed by atoms with Gasteiger partial charge in [-0.25, -0.2) is 4.79 Å². The Morgan fingerprint density at radius 2 is 2.00 bits per heavy atom. The number of anilines is 2. The zero-order valence-corrected chi connectivity index (χ0v) is 10.7. The number of amides is 1. The van der Waals surface area contributed by atoms with Gasteiger partial charge in [0.25, 0.3) is 0 Å². The Hall–Kier alpha value is -1.27. The van der Waals surface area contributed by atoms with Gasteiger partial charge in [0.05, 0.1) is 6.61 Å². The molecule has 0 aromatic carbocycles. The molecule has 94 valence electrons. The SMILES string of the molecule is CCCCOC(=O)Nc1c(Cl)nc(N)nc1Cl. The van der Waals surface area contributed by atoms with Crippen molar-refractivity contribution in [1.82, 2.24) is 9.97 Å². The van der Waals surface area contributed by atoms with E-state index >= 15 is 0 Å². The van der Waals surface area contributed by atoms with E-state index in [-0.39, 0.29) is 21.9 Å². The highest BCUT2D eigenvalue weighted by Crippen LogP contribution is 2.27. The Labute approximate surface area is 108 Å². The zero-order chi connectivity index (χ0) is 12.8. The number of carbonyl (C=O) groups is 1. The molecule has 1 amide bonds. The molecule has 17 heavy (non-hydrogen) atoms. The average Bonchev–Trinajstić information content (AvgIpc) is 2.24. The summed E-state index contributed by atoms with van der Waals surface area (Å²) in [6, 6.07) is 0. The first kappa shape index (κ1) is 13.8. The minimum absolute atomic E-state index is 0.0325. The Bertz CT molecular complexity index is 391. The number of nitrogens with one attached hydrogen (secondary N) is 1. The largest absolute Gasteiger partial charge is 0.449 e. The fraction of sp³-hybridized carbons (Fsp3) is 0.444. The number of nitrogen functional groups attached to an aromatic ring is 1. The first-order chi connectivity index (χ1) is 8.04. The first-order valence-corrected chi connectivity index (χ1v) is 5.72. The van der Waals surface area contributed by atoms with Crippen molar-refractivity contribution in [3.63, 3.8) is 0 Å². The summed E-state index contributed by atoms with van der Waals surface area (Å²) in [6.45, 7) is 2.32. The van der Waals surface area contributed by atoms with Gasteiger partial charge >= 0.3 is 6.09 Å². The van der Waals surface area contributed by atoms with E-state index in [0.717, 1.165) is 12.8 Å². The monoisotopic (exact) mass is 278 g/mol. The molecule has 1 aromatic rings. The molecular formula is C9H12Cl2N4O2. The van der Waals surface area contributed by atoms with Crippen molar-refractivity contribution in [3.8, 4) is 0 Å². The van der Waals surface area contributed by atoms with Gasteiger partial charge < -0.3 is 10.5 Å². The number of halogens is 2. The molecule has 3 N–H and O–H groups in total. The lowest BCUT2D eigenvalue weighted by Gasteiger charge is -2.08. The second-order valence-electron chi connectivity index (χ2n) is 3.15. The molecular weight excluding hydrogens is 267 g/mol. The molecule has 0 spiro atoms. The molecule has 0 fully saturated rings. The van der Waals surface area contributed by atoms with Crippen LogP contribution in [0.25, 0.3) is 0 Å². The summed E-state index contributed by atoms with van der Waals surface area (Å²) in [5.74, 6) is -0.0649. The number of ether oxygens (including phenoxy) is 1. The quantitative estimate of drug-likeness (QED) is 0.653. The van der Waals surface area contributed by atoms with Gasteiger partial charge in [0.1, 0.15) is 5.69 Å². The predicted molar refractivity (Wildman–Crippen MR) is 66.3 cm³/mol. The van der Waals surface area contributed by atoms with Gasteiger partial charge in [-0.15, -0.1) is 0 Å². The van der Waals surface area contributed by atoms with Crippen molar-refractivity contribution < 1.29 is 9.53 Å². The minimum atomic E-state index is -0.657. The lowest BCUT2D eigenvalue weighted by Crippen LogP contribution is -2.16. The van der Waals surface area contributed by atoms with Crippen LogP contribution in [0.1, 0.15) is 19.8 Å². The van der Waals surface area contributed by atoms with Gasteiger partial charge in [0.15, 0.2) is 10.3 Å². The molecule has 0 aliphatic heterocycles. The number of hydrogen-bond acceptors (Lipinski definition) is 5. The number of aromatic nitrogens is 2. The van der Waals surface area contributed by atoms with Crippen LogP contribution in [0, 0.1) is 0 Å². The summed E-state index contributed by atoms with van der Waals surface area (Å²) in [5.41, 5.74) is 5.41. The number of unbranched alkanes of at least 4 members (excludes halogenated alkanes) is 1. The van der Waals surface area contributed by atoms with Crippen molar-refractivity contribution in [1.29, 1.82) is 0 Å². The van der Waals surface area contributed by atoms with Crippen LogP contribution in [-0.4, -0.2) is 22.7 Å². The summed E-state index contributed by atoms with van der Waals surface area (Å²) < 4.78 is 4.87. The van der Waals surface area contributed by atoms with Crippen LogP contribution in [0.5, 0.6) is 0 Å². The van der Waals surface area contributed by atoms with Crippen LogP contribution >= 0.6 is 23.2 Å². The number of carbonyl (C=O) groups excluding carboxylic acids is 1. The van der Waals surface area contributed by atoms with Crippen molar-refractivity contribution in [2.24, 2.45) is 0 Å². The Kier molecular flexibility index (Phi) is 5.24. The normalized spacial score (nSPS) is 10.1. The van der Waals surface area contributed by atoms with E-state index in [4.69, 9.17) is 33.7 Å². The van der Waals surface area contributed by atoms with Gasteiger partial charge in [-0.1, -0.05) is 36.5 Å². The molecule has 1 aromatic heterocycles. The topological polar surface area (TPSA) is 90.1 Å². The highest BCUT2D eigenvalue weighted by Gasteiger charge is 2.13. The summed E-state index contributed by atoms with van der Waals surface area (Å²) >= 11 is 11.5. The van der Waals surface area contributed by atoms with Gasteiger partial charge in [0, 0.05) is 0 Å². The van der Waals surface area contributed by atoms with Crippen LogP contribution < -0.4 is 11.1 Å². The van der Waals surface area contributed by atoms with Gasteiger partial charge in [-0.05, 0) is 6.42 Å². The number of nitrogens with two attached hydrogens (primary N) is 1. The van der Waals surface area contributed by atoms with Crippen molar-refractivity contribution in [3.05, 3.63) is 10.3 Å². The number of hydrogen-bond donors (Lipinski definition) is 2. The van der Waals surface area contributed by atoms with Gasteiger partial charge in [-0.3, -0.25) is 5.32 Å². The Morgan fingerprint density at radius 3 is 2.53 bits per heavy atom. The van der Waals surface area contributed by atoms with E-state index in [1.807, 2.05) is 6.92 Å². The summed E-state index contributed by atoms with van der Waals surface area (Å²) in [7, 11) is 0. The lowest BCUT2D eigenvalue weighted by atomic mass is 10.4. The van der Waals surface area contributed by atoms with E-state index in [9.17, 15) is 4.79 Å². The maximum absolute atomic E-state index is 11.3. The Balaban J connectivity index is 2.65. The molecule has 0 aliphatic rings. The fourth-order valence-corrected chi connectivity index (χ4v) is 1.47. The van der Waals surface area contributed by atoms with E-state index < -0.39 is 6.09 Å². The van der Waals surface area contributed by atoms with E-state index in [1.165, 1.54) is 0 Å². The highest BCUT2D eigenvalue weighted by atomic mass is 35.5. The molecule has 0 radical (unpaired) electrons. The second-order valence-corrected chi connectivity index (χ2v) is 3.87. The molecule has 6 nitrogen and oxygen atoms in total. The third-order valence-electron chi connectivity index (χ3n) is 1.80. The minimum Gasteiger partial charge on any atom is -0.449 e. The lowest BCUT2D eigenvalue weighted by molar-refractivity contribution is 0.160. The second kappa shape index (κ2) is 6.46. The van der Waals surface area contributed by atoms with E-state index in [0.29, 0.717) is 6.61 Å². The van der Waals surface area contributed by atoms with Gasteiger partial charge in [0.2, 0.25) is 5.95 Å². The average molecular weight is 279 g/mol. The molecule has 0 bridgehead atoms. The molecule has 1 rings (SSSR count). The predicted octanol–water partition coefficient (Wildman–Crippen LogP) is 2.71. The van der Waals surface area contributed by atoms with E-state index in [1.54, 1.807) is 0 Å². The highest BCUT2D eigenvalue weighted by molar-refractivity contribution is 6.38. The first-order valence-electron chi connectivity index (χ1n) is 4.97. The van der Waals surface area contributed by atoms with E-state index in [2.05, 4.69) is 15.3 Å². The van der Waals surface area contributed by atoms with Crippen LogP contribution in [-0.2, 0) is 4.74 Å². The number of rotatable bonds is 4. The smallest absolute Gasteiger partial charge is 0.411 e. The molecule has 0 saturated carbocycles.